The Morgan fingerprint density at radius 1 is 1.08 bits per heavy atom. The van der Waals surface area contributed by atoms with E-state index >= 15 is 0 Å². The molecule has 3 aromatic rings. The Balaban J connectivity index is 1.63. The van der Waals surface area contributed by atoms with E-state index in [1.807, 2.05) is 6.92 Å². The van der Waals surface area contributed by atoms with Crippen LogP contribution in [0.25, 0.3) is 11.3 Å². The second kappa shape index (κ2) is 9.57. The molecule has 0 unspecified atom stereocenters. The number of ether oxygens (including phenoxy) is 1. The van der Waals surface area contributed by atoms with Crippen molar-refractivity contribution in [3.8, 4) is 11.3 Å². The van der Waals surface area contributed by atoms with Crippen LogP contribution in [-0.4, -0.2) is 29.9 Å². The zero-order valence-electron chi connectivity index (χ0n) is 14.9. The quantitative estimate of drug-likeness (QED) is 0.552. The van der Waals surface area contributed by atoms with E-state index < -0.39 is 0 Å². The number of aliphatic hydroxyl groups excluding tert-OH is 1. The zero-order chi connectivity index (χ0) is 18.2. The number of aromatic nitrogens is 1. The van der Waals surface area contributed by atoms with Crippen LogP contribution in [-0.2, 0) is 11.2 Å². The molecule has 0 aliphatic heterocycles. The molecule has 0 bridgehead atoms. The zero-order valence-corrected chi connectivity index (χ0v) is 15.7. The van der Waals surface area contributed by atoms with Crippen molar-refractivity contribution in [1.29, 1.82) is 0 Å². The van der Waals surface area contributed by atoms with E-state index in [0.29, 0.717) is 25.5 Å². The second-order valence-electron chi connectivity index (χ2n) is 5.93. The van der Waals surface area contributed by atoms with E-state index in [1.165, 1.54) is 15.4 Å². The highest BCUT2D eigenvalue weighted by Crippen LogP contribution is 2.32. The maximum absolute atomic E-state index is 8.79. The van der Waals surface area contributed by atoms with Crippen molar-refractivity contribution in [2.24, 2.45) is 0 Å². The first-order valence-corrected chi connectivity index (χ1v) is 9.55. The van der Waals surface area contributed by atoms with Crippen molar-refractivity contribution < 1.29 is 14.3 Å². The van der Waals surface area contributed by atoms with E-state index in [0.717, 1.165) is 17.7 Å². The van der Waals surface area contributed by atoms with Gasteiger partial charge in [-0.25, -0.2) is 4.98 Å². The summed E-state index contributed by atoms with van der Waals surface area (Å²) >= 11 is 1.75. The number of rotatable bonds is 9. The lowest BCUT2D eigenvalue weighted by Gasteiger charge is -2.10. The minimum absolute atomic E-state index is 0.177. The fraction of sp³-hybridized carbons (Fsp3) is 0.286. The number of aryl methyl sites for hydroxylation is 1. The maximum atomic E-state index is 8.79. The average molecular weight is 369 g/mol. The third-order valence-electron chi connectivity index (χ3n) is 3.93. The number of nitrogens with zero attached hydrogens (tertiary/aromatic N) is 1. The molecule has 1 heterocycles. The first-order chi connectivity index (χ1) is 12.8. The molecule has 0 saturated carbocycles. The van der Waals surface area contributed by atoms with Crippen LogP contribution in [0.5, 0.6) is 0 Å². The number of hydrogen-bond acceptors (Lipinski definition) is 5. The van der Waals surface area contributed by atoms with Crippen molar-refractivity contribution in [2.45, 2.75) is 29.6 Å². The van der Waals surface area contributed by atoms with Crippen LogP contribution in [0.3, 0.4) is 0 Å². The van der Waals surface area contributed by atoms with Crippen LogP contribution in [0.15, 0.2) is 69.0 Å². The summed E-state index contributed by atoms with van der Waals surface area (Å²) in [5.74, 6) is 0.675. The van der Waals surface area contributed by atoms with E-state index in [-0.39, 0.29) is 6.61 Å². The van der Waals surface area contributed by atoms with Gasteiger partial charge in [-0.2, -0.15) is 0 Å². The van der Waals surface area contributed by atoms with Gasteiger partial charge in [0.25, 0.3) is 0 Å². The van der Waals surface area contributed by atoms with Crippen molar-refractivity contribution >= 4 is 11.8 Å². The lowest BCUT2D eigenvalue weighted by molar-refractivity contribution is 0.118. The predicted octanol–water partition coefficient (Wildman–Crippen LogP) is 4.74. The van der Waals surface area contributed by atoms with Gasteiger partial charge in [-0.15, -0.1) is 0 Å². The summed E-state index contributed by atoms with van der Waals surface area (Å²) in [5, 5.41) is 8.79. The summed E-state index contributed by atoms with van der Waals surface area (Å²) in [6.07, 6.45) is 3.24. The molecule has 26 heavy (non-hydrogen) atoms. The Morgan fingerprint density at radius 2 is 1.88 bits per heavy atom. The molecule has 0 saturated heterocycles. The highest BCUT2D eigenvalue weighted by Gasteiger charge is 2.07. The average Bonchev–Trinajstić information content (AvgIpc) is 3.10. The van der Waals surface area contributed by atoms with Gasteiger partial charge in [-0.05, 0) is 36.6 Å². The molecule has 1 N–H and O–H groups in total. The van der Waals surface area contributed by atoms with E-state index in [9.17, 15) is 0 Å². The van der Waals surface area contributed by atoms with Gasteiger partial charge in [0.2, 0.25) is 0 Å². The van der Waals surface area contributed by atoms with Gasteiger partial charge in [0.1, 0.15) is 12.0 Å². The summed E-state index contributed by atoms with van der Waals surface area (Å²) in [7, 11) is 0. The van der Waals surface area contributed by atoms with Gasteiger partial charge < -0.3 is 14.3 Å². The van der Waals surface area contributed by atoms with Gasteiger partial charge in [-0.1, -0.05) is 42.1 Å². The molecule has 0 atom stereocenters. The van der Waals surface area contributed by atoms with Crippen molar-refractivity contribution in [3.63, 3.8) is 0 Å². The van der Waals surface area contributed by atoms with Gasteiger partial charge in [0.05, 0.1) is 6.61 Å². The summed E-state index contributed by atoms with van der Waals surface area (Å²) in [6, 6.07) is 16.8. The van der Waals surface area contributed by atoms with Crippen LogP contribution < -0.4 is 0 Å². The normalized spacial score (nSPS) is 11.0. The molecular formula is C21H23NO3S. The maximum Gasteiger partial charge on any atom is 0.191 e. The van der Waals surface area contributed by atoms with Gasteiger partial charge in [0, 0.05) is 35.5 Å². The first-order valence-electron chi connectivity index (χ1n) is 8.73. The molecule has 136 valence electrons. The largest absolute Gasteiger partial charge is 0.449 e. The van der Waals surface area contributed by atoms with Crippen LogP contribution in [0, 0.1) is 6.92 Å². The Hall–Kier alpha value is -2.08. The van der Waals surface area contributed by atoms with Crippen LogP contribution in [0.2, 0.25) is 0 Å². The molecule has 2 aromatic carbocycles. The molecule has 5 heteroatoms. The summed E-state index contributed by atoms with van der Waals surface area (Å²) in [4.78, 5) is 6.78. The van der Waals surface area contributed by atoms with Crippen molar-refractivity contribution in [1.82, 2.24) is 4.98 Å². The lowest BCUT2D eigenvalue weighted by atomic mass is 10.2. The van der Waals surface area contributed by atoms with Gasteiger partial charge >= 0.3 is 0 Å². The SMILES string of the molecule is Cc1nc(-c2ccc(Sc3ccccc3CCOCCCO)cc2)co1. The minimum Gasteiger partial charge on any atom is -0.449 e. The monoisotopic (exact) mass is 369 g/mol. The topological polar surface area (TPSA) is 55.5 Å². The first kappa shape index (κ1) is 18.7. The van der Waals surface area contributed by atoms with Gasteiger partial charge in [-0.3, -0.25) is 0 Å². The predicted molar refractivity (Wildman–Crippen MR) is 103 cm³/mol. The summed E-state index contributed by atoms with van der Waals surface area (Å²) < 4.78 is 10.8. The Kier molecular flexibility index (Phi) is 6.89. The molecule has 0 amide bonds. The number of benzene rings is 2. The summed E-state index contributed by atoms with van der Waals surface area (Å²) in [5.41, 5.74) is 3.19. The molecule has 0 radical (unpaired) electrons. The molecule has 0 fully saturated rings. The molecule has 0 aliphatic rings. The third kappa shape index (κ3) is 5.21. The Bertz CT molecular complexity index is 814. The molecule has 0 spiro atoms. The standard InChI is InChI=1S/C21H23NO3S/c1-16-22-20(15-25-16)17-7-9-19(10-8-17)26-21-6-3-2-5-18(21)11-14-24-13-4-12-23/h2-3,5-10,15,23H,4,11-14H2,1H3. The highest BCUT2D eigenvalue weighted by molar-refractivity contribution is 7.99. The Labute approximate surface area is 158 Å². The summed E-state index contributed by atoms with van der Waals surface area (Å²) in [6.45, 7) is 3.30. The van der Waals surface area contributed by atoms with Crippen molar-refractivity contribution in [2.75, 3.05) is 19.8 Å². The second-order valence-corrected chi connectivity index (χ2v) is 7.04. The molecule has 1 aromatic heterocycles. The Morgan fingerprint density at radius 3 is 2.62 bits per heavy atom. The van der Waals surface area contributed by atoms with Crippen molar-refractivity contribution in [3.05, 3.63) is 66.2 Å². The molecular weight excluding hydrogens is 346 g/mol. The minimum atomic E-state index is 0.177. The molecule has 3 rings (SSSR count). The fourth-order valence-corrected chi connectivity index (χ4v) is 3.55. The molecule has 4 nitrogen and oxygen atoms in total. The van der Waals surface area contributed by atoms with Crippen LogP contribution in [0.1, 0.15) is 17.9 Å². The van der Waals surface area contributed by atoms with E-state index in [4.69, 9.17) is 14.3 Å². The molecule has 0 aliphatic carbocycles. The smallest absolute Gasteiger partial charge is 0.191 e. The number of aliphatic hydroxyl groups is 1. The van der Waals surface area contributed by atoms with Gasteiger partial charge in [0.15, 0.2) is 5.89 Å². The van der Waals surface area contributed by atoms with Crippen LogP contribution >= 0.6 is 11.8 Å². The number of hydrogen-bond donors (Lipinski definition) is 1. The van der Waals surface area contributed by atoms with E-state index in [2.05, 4.69) is 53.5 Å². The lowest BCUT2D eigenvalue weighted by Crippen LogP contribution is -2.02. The highest BCUT2D eigenvalue weighted by atomic mass is 32.2. The number of oxazole rings is 1. The van der Waals surface area contributed by atoms with E-state index in [1.54, 1.807) is 18.0 Å². The third-order valence-corrected chi connectivity index (χ3v) is 5.06. The fourth-order valence-electron chi connectivity index (χ4n) is 2.58. The van der Waals surface area contributed by atoms with Crippen LogP contribution in [0.4, 0.5) is 0 Å².